The van der Waals surface area contributed by atoms with Gasteiger partial charge in [-0.05, 0) is 55.4 Å². The topological polar surface area (TPSA) is 36.4 Å². The van der Waals surface area contributed by atoms with Gasteiger partial charge in [0.2, 0.25) is 0 Å². The third kappa shape index (κ3) is 4.21. The lowest BCUT2D eigenvalue weighted by Crippen LogP contribution is -2.38. The second-order valence-corrected chi connectivity index (χ2v) is 7.16. The third-order valence-electron chi connectivity index (χ3n) is 5.02. The normalized spacial score (nSPS) is 17.2. The Morgan fingerprint density at radius 2 is 2.08 bits per heavy atom. The second-order valence-electron chi connectivity index (χ2n) is 7.16. The first-order chi connectivity index (χ1) is 12.6. The van der Waals surface area contributed by atoms with Gasteiger partial charge in [0.05, 0.1) is 5.56 Å². The molecule has 2 heterocycles. The summed E-state index contributed by atoms with van der Waals surface area (Å²) < 4.78 is 13.8. The molecule has 0 spiro atoms. The molecule has 1 amide bonds. The van der Waals surface area contributed by atoms with Crippen molar-refractivity contribution in [3.8, 4) is 0 Å². The molecule has 1 aromatic carbocycles. The summed E-state index contributed by atoms with van der Waals surface area (Å²) in [6.45, 7) is 1.76. The highest BCUT2D eigenvalue weighted by atomic mass is 19.1. The minimum Gasteiger partial charge on any atom is -0.356 e. The van der Waals surface area contributed by atoms with E-state index in [9.17, 15) is 9.18 Å². The van der Waals surface area contributed by atoms with Gasteiger partial charge in [0.25, 0.3) is 5.91 Å². The maximum absolute atomic E-state index is 13.8. The summed E-state index contributed by atoms with van der Waals surface area (Å²) in [5.41, 5.74) is 1.43. The van der Waals surface area contributed by atoms with Crippen LogP contribution in [0.3, 0.4) is 0 Å². The van der Waals surface area contributed by atoms with Gasteiger partial charge in [0.15, 0.2) is 0 Å². The molecule has 0 saturated carbocycles. The van der Waals surface area contributed by atoms with Crippen molar-refractivity contribution in [2.75, 3.05) is 32.1 Å². The van der Waals surface area contributed by atoms with E-state index in [1.165, 1.54) is 6.07 Å². The largest absolute Gasteiger partial charge is 0.356 e. The van der Waals surface area contributed by atoms with Crippen LogP contribution in [-0.4, -0.2) is 43.0 Å². The predicted molar refractivity (Wildman–Crippen MR) is 102 cm³/mol. The van der Waals surface area contributed by atoms with Crippen LogP contribution in [0.1, 0.15) is 35.2 Å². The number of hydrogen-bond acceptors (Lipinski definition) is 3. The van der Waals surface area contributed by atoms with Crippen LogP contribution < -0.4 is 4.90 Å². The summed E-state index contributed by atoms with van der Waals surface area (Å²) in [5, 5.41) is 0. The number of nitrogens with zero attached hydrogens (tertiary/aromatic N) is 3. The van der Waals surface area contributed by atoms with Crippen molar-refractivity contribution in [1.82, 2.24) is 9.88 Å². The summed E-state index contributed by atoms with van der Waals surface area (Å²) in [7, 11) is 3.51. The Labute approximate surface area is 154 Å². The predicted octanol–water partition coefficient (Wildman–Crippen LogP) is 3.77. The van der Waals surface area contributed by atoms with Gasteiger partial charge in [-0.2, -0.15) is 0 Å². The molecular formula is C21H26FN3O. The quantitative estimate of drug-likeness (QED) is 0.819. The molecule has 1 aliphatic rings. The maximum Gasteiger partial charge on any atom is 0.257 e. The molecule has 5 heteroatoms. The highest BCUT2D eigenvalue weighted by molar-refractivity contribution is 5.98. The molecule has 4 nitrogen and oxygen atoms in total. The third-order valence-corrected chi connectivity index (χ3v) is 5.02. The first-order valence-corrected chi connectivity index (χ1v) is 9.21. The maximum atomic E-state index is 13.8. The molecule has 138 valence electrons. The zero-order valence-electron chi connectivity index (χ0n) is 15.5. The van der Waals surface area contributed by atoms with Crippen molar-refractivity contribution >= 4 is 11.7 Å². The number of aryl methyl sites for hydroxylation is 1. The standard InChI is InChI=1S/C21H26FN3O/c1-24(2)21(26)18-9-5-13-23-20(18)25-14-6-7-16(15-25)11-12-17-8-3-4-10-19(17)22/h3-5,8-10,13,16H,6-7,11-12,14-15H2,1-2H3/t16-/m1/s1. The van der Waals surface area contributed by atoms with E-state index in [0.29, 0.717) is 11.5 Å². The van der Waals surface area contributed by atoms with E-state index in [-0.39, 0.29) is 11.7 Å². The van der Waals surface area contributed by atoms with Gasteiger partial charge in [-0.1, -0.05) is 18.2 Å². The van der Waals surface area contributed by atoms with Crippen LogP contribution in [0.15, 0.2) is 42.6 Å². The minimum absolute atomic E-state index is 0.0263. The number of carbonyl (C=O) groups excluding carboxylic acids is 1. The molecule has 0 radical (unpaired) electrons. The number of piperidine rings is 1. The molecule has 1 aliphatic heterocycles. The second kappa shape index (κ2) is 8.30. The van der Waals surface area contributed by atoms with E-state index in [1.807, 2.05) is 18.2 Å². The first kappa shape index (κ1) is 18.4. The molecule has 2 aromatic rings. The van der Waals surface area contributed by atoms with E-state index in [1.54, 1.807) is 37.3 Å². The number of aromatic nitrogens is 1. The molecule has 26 heavy (non-hydrogen) atoms. The Morgan fingerprint density at radius 1 is 1.27 bits per heavy atom. The lowest BCUT2D eigenvalue weighted by atomic mass is 9.91. The van der Waals surface area contributed by atoms with Gasteiger partial charge in [-0.25, -0.2) is 9.37 Å². The SMILES string of the molecule is CN(C)C(=O)c1cccnc1N1CCC[C@H](CCc2ccccc2F)C1. The fraction of sp³-hybridized carbons (Fsp3) is 0.429. The summed E-state index contributed by atoms with van der Waals surface area (Å²) in [6, 6.07) is 10.6. The van der Waals surface area contributed by atoms with Gasteiger partial charge in [-0.3, -0.25) is 4.79 Å². The van der Waals surface area contributed by atoms with Crippen LogP contribution in [0.4, 0.5) is 10.2 Å². The molecule has 3 rings (SSSR count). The zero-order chi connectivity index (χ0) is 18.5. The number of benzene rings is 1. The number of carbonyl (C=O) groups is 1. The van der Waals surface area contributed by atoms with E-state index in [4.69, 9.17) is 0 Å². The number of pyridine rings is 1. The summed E-state index contributed by atoms with van der Waals surface area (Å²) >= 11 is 0. The van der Waals surface area contributed by atoms with Gasteiger partial charge >= 0.3 is 0 Å². The van der Waals surface area contributed by atoms with Crippen molar-refractivity contribution in [2.45, 2.75) is 25.7 Å². The lowest BCUT2D eigenvalue weighted by Gasteiger charge is -2.34. The van der Waals surface area contributed by atoms with E-state index in [2.05, 4.69) is 9.88 Å². The van der Waals surface area contributed by atoms with Crippen molar-refractivity contribution in [1.29, 1.82) is 0 Å². The average Bonchev–Trinajstić information content (AvgIpc) is 2.67. The number of halogens is 1. The molecule has 0 N–H and O–H groups in total. The fourth-order valence-corrected chi connectivity index (χ4v) is 3.61. The highest BCUT2D eigenvalue weighted by Crippen LogP contribution is 2.27. The molecule has 1 fully saturated rings. The van der Waals surface area contributed by atoms with Crippen molar-refractivity contribution in [3.63, 3.8) is 0 Å². The summed E-state index contributed by atoms with van der Waals surface area (Å²) in [4.78, 5) is 20.7. The molecule has 0 unspecified atom stereocenters. The van der Waals surface area contributed by atoms with Crippen LogP contribution >= 0.6 is 0 Å². The van der Waals surface area contributed by atoms with Gasteiger partial charge < -0.3 is 9.80 Å². The van der Waals surface area contributed by atoms with Gasteiger partial charge in [0.1, 0.15) is 11.6 Å². The van der Waals surface area contributed by atoms with Crippen LogP contribution in [-0.2, 0) is 6.42 Å². The molecule has 1 atom stereocenters. The molecule has 0 bridgehead atoms. The van der Waals surface area contributed by atoms with Crippen LogP contribution in [0.5, 0.6) is 0 Å². The monoisotopic (exact) mass is 355 g/mol. The van der Waals surface area contributed by atoms with Crippen LogP contribution in [0.25, 0.3) is 0 Å². The highest BCUT2D eigenvalue weighted by Gasteiger charge is 2.25. The zero-order valence-corrected chi connectivity index (χ0v) is 15.5. The summed E-state index contributed by atoms with van der Waals surface area (Å²) in [5.74, 6) is 1.10. The minimum atomic E-state index is -0.122. The fourth-order valence-electron chi connectivity index (χ4n) is 3.61. The van der Waals surface area contributed by atoms with Crippen LogP contribution in [0, 0.1) is 11.7 Å². The molecule has 0 aliphatic carbocycles. The van der Waals surface area contributed by atoms with E-state index < -0.39 is 0 Å². The number of amides is 1. The molecular weight excluding hydrogens is 329 g/mol. The Balaban J connectivity index is 1.69. The Morgan fingerprint density at radius 3 is 2.85 bits per heavy atom. The van der Waals surface area contributed by atoms with Crippen molar-refractivity contribution in [2.24, 2.45) is 5.92 Å². The van der Waals surface area contributed by atoms with Crippen molar-refractivity contribution in [3.05, 3.63) is 59.5 Å². The number of anilines is 1. The molecule has 1 saturated heterocycles. The van der Waals surface area contributed by atoms with Gasteiger partial charge in [0, 0.05) is 33.4 Å². The number of rotatable bonds is 5. The number of hydrogen-bond donors (Lipinski definition) is 0. The van der Waals surface area contributed by atoms with E-state index >= 15 is 0 Å². The van der Waals surface area contributed by atoms with Crippen LogP contribution in [0.2, 0.25) is 0 Å². The average molecular weight is 355 g/mol. The van der Waals surface area contributed by atoms with Gasteiger partial charge in [-0.15, -0.1) is 0 Å². The Hall–Kier alpha value is -2.43. The first-order valence-electron chi connectivity index (χ1n) is 9.21. The summed E-state index contributed by atoms with van der Waals surface area (Å²) in [6.07, 6.45) is 5.63. The smallest absolute Gasteiger partial charge is 0.257 e. The lowest BCUT2D eigenvalue weighted by molar-refractivity contribution is 0.0827. The molecule has 1 aromatic heterocycles. The Bertz CT molecular complexity index is 762. The Kier molecular flexibility index (Phi) is 5.86. The van der Waals surface area contributed by atoms with E-state index in [0.717, 1.165) is 50.2 Å². The van der Waals surface area contributed by atoms with Crippen molar-refractivity contribution < 1.29 is 9.18 Å².